The van der Waals surface area contributed by atoms with E-state index in [0.29, 0.717) is 24.2 Å². The minimum atomic E-state index is -2.47. The number of alkyl halides is 2. The molecule has 0 spiro atoms. The Labute approximate surface area is 471 Å². The number of amides is 6. The van der Waals surface area contributed by atoms with Crippen LogP contribution in [0.3, 0.4) is 0 Å². The number of likely N-dealkylation sites (tertiary alicyclic amines) is 1. The Hall–Kier alpha value is -7.54. The smallest absolute Gasteiger partial charge is 0.255 e. The molecule has 0 aliphatic carbocycles. The van der Waals surface area contributed by atoms with Gasteiger partial charge >= 0.3 is 0 Å². The molecule has 1 saturated heterocycles. The monoisotopic (exact) mass is 1100 g/mol. The zero-order chi connectivity index (χ0) is 60.4. The Balaban J connectivity index is -0.000000916. The first kappa shape index (κ1) is 75.7. The molecule has 2 aromatic rings. The topological polar surface area (TPSA) is 190 Å². The average molecular weight is 1100 g/mol. The molecule has 3 rings (SSSR count). The van der Waals surface area contributed by atoms with Crippen LogP contribution >= 0.6 is 0 Å². The molecular formula is C61H90F2N8O8. The lowest BCUT2D eigenvalue weighted by Gasteiger charge is -2.25. The van der Waals surface area contributed by atoms with Gasteiger partial charge in [-0.2, -0.15) is 5.26 Å². The summed E-state index contributed by atoms with van der Waals surface area (Å²) in [6.07, 6.45) is 10.1. The Morgan fingerprint density at radius 3 is 1.37 bits per heavy atom. The Morgan fingerprint density at radius 2 is 1.04 bits per heavy atom. The second-order valence-corrected chi connectivity index (χ2v) is 17.4. The van der Waals surface area contributed by atoms with Crippen LogP contribution in [0.5, 0.6) is 0 Å². The molecule has 1 aliphatic heterocycles. The second-order valence-electron chi connectivity index (χ2n) is 17.4. The first-order valence-corrected chi connectivity index (χ1v) is 26.6. The van der Waals surface area contributed by atoms with E-state index in [1.54, 1.807) is 25.7 Å². The van der Waals surface area contributed by atoms with Crippen molar-refractivity contribution in [1.82, 2.24) is 29.4 Å². The molecule has 2 N–H and O–H groups in total. The highest BCUT2D eigenvalue weighted by molar-refractivity contribution is 5.92. The van der Waals surface area contributed by atoms with Gasteiger partial charge in [-0.3, -0.25) is 28.8 Å². The highest BCUT2D eigenvalue weighted by Gasteiger charge is 2.16. The van der Waals surface area contributed by atoms with Crippen LogP contribution in [0.1, 0.15) is 84.3 Å². The summed E-state index contributed by atoms with van der Waals surface area (Å²) in [5.74, 6) is -0.722. The summed E-state index contributed by atoms with van der Waals surface area (Å²) in [5.41, 5.74) is 3.88. The molecule has 0 unspecified atom stereocenters. The van der Waals surface area contributed by atoms with E-state index in [2.05, 4.69) is 92.8 Å². The molecule has 1 aliphatic rings. The Morgan fingerprint density at radius 1 is 0.633 bits per heavy atom. The van der Waals surface area contributed by atoms with Crippen molar-refractivity contribution in [1.29, 1.82) is 5.26 Å². The summed E-state index contributed by atoms with van der Waals surface area (Å²) < 4.78 is 23.5. The van der Waals surface area contributed by atoms with Gasteiger partial charge in [0.25, 0.3) is 6.43 Å². The Bertz CT molecular complexity index is 2100. The summed E-state index contributed by atoms with van der Waals surface area (Å²) in [5, 5.41) is 25.3. The largest absolute Gasteiger partial charge is 0.395 e. The van der Waals surface area contributed by atoms with Crippen molar-refractivity contribution < 1.29 is 47.8 Å². The molecule has 6 amide bonds. The number of halogens is 2. The van der Waals surface area contributed by atoms with E-state index in [1.807, 2.05) is 41.8 Å². The fraction of sp³-hybridized carbons (Fsp3) is 0.475. The molecule has 0 aromatic heterocycles. The minimum Gasteiger partial charge on any atom is -0.395 e. The van der Waals surface area contributed by atoms with E-state index in [9.17, 15) is 37.5 Å². The number of aliphatic hydroxyl groups is 2. The first-order chi connectivity index (χ1) is 37.8. The quantitative estimate of drug-likeness (QED) is 0.0654. The molecule has 0 radical (unpaired) electrons. The fourth-order valence-corrected chi connectivity index (χ4v) is 7.04. The number of likely N-dealkylation sites (N-methyl/N-ethyl adjacent to an activating group) is 2. The minimum absolute atomic E-state index is 0.0602. The number of nitrogens with zero attached hydrogens (tertiary/aromatic N) is 8. The van der Waals surface area contributed by atoms with E-state index in [1.165, 1.54) is 39.5 Å². The maximum Gasteiger partial charge on any atom is 0.255 e. The molecule has 1 fully saturated rings. The number of benzene rings is 2. The predicted molar refractivity (Wildman–Crippen MR) is 312 cm³/mol. The van der Waals surface area contributed by atoms with Crippen LogP contribution in [0, 0.1) is 17.9 Å². The zero-order valence-corrected chi connectivity index (χ0v) is 47.8. The number of rotatable bonds is 27. The Kier molecular flexibility index (Phi) is 47.9. The molecule has 0 atom stereocenters. The zero-order valence-electron chi connectivity index (χ0n) is 47.8. The average Bonchev–Trinajstić information content (AvgIpc) is 3.46. The van der Waals surface area contributed by atoms with Crippen molar-refractivity contribution in [3.63, 3.8) is 0 Å². The van der Waals surface area contributed by atoms with Gasteiger partial charge in [-0.05, 0) is 115 Å². The number of aliphatic hydroxyl groups excluding tert-OH is 2. The van der Waals surface area contributed by atoms with Crippen LogP contribution in [0.2, 0.25) is 0 Å². The summed E-state index contributed by atoms with van der Waals surface area (Å²) in [6.45, 7) is 42.4. The van der Waals surface area contributed by atoms with E-state index < -0.39 is 18.9 Å². The van der Waals surface area contributed by atoms with Crippen LogP contribution in [-0.2, 0) is 41.6 Å². The third-order valence-corrected chi connectivity index (χ3v) is 11.3. The van der Waals surface area contributed by atoms with Crippen molar-refractivity contribution in [2.24, 2.45) is 0 Å². The number of carbonyl (C=O) groups is 6. The van der Waals surface area contributed by atoms with E-state index in [0.717, 1.165) is 94.8 Å². The van der Waals surface area contributed by atoms with Crippen molar-refractivity contribution in [2.75, 3.05) is 98.3 Å². The number of hydrogen-bond donors (Lipinski definition) is 2. The molecule has 2 aromatic carbocycles. The fourth-order valence-electron chi connectivity index (χ4n) is 7.04. The van der Waals surface area contributed by atoms with Gasteiger partial charge in [0.05, 0.1) is 38.8 Å². The lowest BCUT2D eigenvalue weighted by atomic mass is 10.1. The number of piperidine rings is 1. The van der Waals surface area contributed by atoms with E-state index in [-0.39, 0.29) is 75.3 Å². The van der Waals surface area contributed by atoms with Gasteiger partial charge in [0.15, 0.2) is 0 Å². The van der Waals surface area contributed by atoms with Crippen LogP contribution in [0.15, 0.2) is 136 Å². The van der Waals surface area contributed by atoms with Crippen LogP contribution < -0.4 is 0 Å². The van der Waals surface area contributed by atoms with Crippen molar-refractivity contribution in [2.45, 2.75) is 92.4 Å². The van der Waals surface area contributed by atoms with Crippen LogP contribution in [0.4, 0.5) is 8.78 Å². The summed E-state index contributed by atoms with van der Waals surface area (Å²) in [7, 11) is 0. The molecule has 16 nitrogen and oxygen atoms in total. The maximum atomic E-state index is 12.4. The standard InChI is InChI=1S/C22H27NO.C9H11N3O.C8H13NO.C8H15NO.C7H11F2NO.C7H13NO3/c1-19(2)22(24)23(17-9-15-20-11-5-3-6-12-20)18-10-16-21-13-7-4-8-14-21;1-3-9(13)12(7-4-5-10)8-6-11-2;1-2-8(10)9-6-4-3-5-7-9;1-5-9(6-2)8(10)7(3)4;1-3-7(11)10(4-2)5-6(8)9;1-2-7(11)8(3-5-9)4-6-10/h3-8,11-14H,1,9-10,15-18H2,2H3;3H,1,4,6-8H2;2H,1,3-7H2;3,5-6H2,1-2,4H3;3,6H,1,4-5H2,2H3;2,9-10H,1,3-6H2. The molecule has 0 bridgehead atoms. The van der Waals surface area contributed by atoms with Crippen LogP contribution in [-0.4, -0.2) is 180 Å². The highest BCUT2D eigenvalue weighted by atomic mass is 19.3. The van der Waals surface area contributed by atoms with Crippen molar-refractivity contribution >= 4 is 35.4 Å². The van der Waals surface area contributed by atoms with Crippen molar-refractivity contribution in [3.8, 4) is 6.07 Å². The molecule has 79 heavy (non-hydrogen) atoms. The highest BCUT2D eigenvalue weighted by Crippen LogP contribution is 2.10. The number of aryl methyl sites for hydroxylation is 2. The lowest BCUT2D eigenvalue weighted by molar-refractivity contribution is -0.128. The number of nitriles is 1. The van der Waals surface area contributed by atoms with E-state index >= 15 is 0 Å². The van der Waals surface area contributed by atoms with Crippen molar-refractivity contribution in [3.05, 3.63) is 158 Å². The second kappa shape index (κ2) is 50.0. The van der Waals surface area contributed by atoms with Gasteiger partial charge in [-0.25, -0.2) is 15.4 Å². The predicted octanol–water partition coefficient (Wildman–Crippen LogP) is 8.38. The van der Waals surface area contributed by atoms with Gasteiger partial charge in [0.2, 0.25) is 42.0 Å². The van der Waals surface area contributed by atoms with Gasteiger partial charge in [-0.1, -0.05) is 100 Å². The summed E-state index contributed by atoms with van der Waals surface area (Å²) in [6, 6.07) is 22.8. The lowest BCUT2D eigenvalue weighted by Crippen LogP contribution is -2.34. The molecule has 18 heteroatoms. The number of carbonyl (C=O) groups excluding carboxylic acids is 6. The van der Waals surface area contributed by atoms with Gasteiger partial charge in [0, 0.05) is 76.6 Å². The molecule has 1 heterocycles. The first-order valence-electron chi connectivity index (χ1n) is 26.6. The summed E-state index contributed by atoms with van der Waals surface area (Å²) >= 11 is 0. The number of hydrogen-bond acceptors (Lipinski definition) is 9. The third-order valence-electron chi connectivity index (χ3n) is 11.3. The third kappa shape index (κ3) is 38.6. The SMILES string of the molecule is C=C(C)C(=O)N(CC)CC.C=C(C)C(=O)N(CCCc1ccccc1)CCCc1ccccc1.C=CC(=O)N(CC)CC(F)F.C=CC(=O)N(CCO)CCO.C=CC(=O)N1CCCCC1.[C-]#[N+]CCN(CCC#N)C(=O)C=C. The van der Waals surface area contributed by atoms with Gasteiger partial charge in [-0.15, -0.1) is 0 Å². The maximum absolute atomic E-state index is 12.4. The normalized spacial score (nSPS) is 10.7. The van der Waals surface area contributed by atoms with Gasteiger partial charge in [0.1, 0.15) is 0 Å². The molecule has 0 saturated carbocycles. The van der Waals surface area contributed by atoms with Gasteiger partial charge < -0.3 is 44.5 Å². The van der Waals surface area contributed by atoms with E-state index in [4.69, 9.17) is 22.0 Å². The van der Waals surface area contributed by atoms with Crippen LogP contribution in [0.25, 0.3) is 4.85 Å². The molecular weight excluding hydrogens is 1010 g/mol. The molecule has 436 valence electrons. The summed E-state index contributed by atoms with van der Waals surface area (Å²) in [4.78, 5) is 79.7.